The highest BCUT2D eigenvalue weighted by Crippen LogP contribution is 2.40. The van der Waals surface area contributed by atoms with E-state index in [0.29, 0.717) is 11.4 Å². The second-order valence-electron chi connectivity index (χ2n) is 7.82. The summed E-state index contributed by atoms with van der Waals surface area (Å²) in [4.78, 5) is 2.49. The highest BCUT2D eigenvalue weighted by Gasteiger charge is 2.35. The summed E-state index contributed by atoms with van der Waals surface area (Å²) in [6.45, 7) is 6.28. The summed E-state index contributed by atoms with van der Waals surface area (Å²) in [6, 6.07) is 11.5. The lowest BCUT2D eigenvalue weighted by atomic mass is 10.1. The van der Waals surface area contributed by atoms with Crippen LogP contribution in [0, 0.1) is 13.8 Å². The SMILES string of the molecule is Cc1cc(-c2cnn(C)c2)ccc1S(=O)(=O)N1C[C@@H](C)N(C)c2cccc(C)c21. The highest BCUT2D eigenvalue weighted by atomic mass is 32.2. The average molecular weight is 411 g/mol. The Labute approximate surface area is 172 Å². The summed E-state index contributed by atoms with van der Waals surface area (Å²) in [5, 5.41) is 4.20. The molecule has 0 saturated carbocycles. The van der Waals surface area contributed by atoms with Crippen LogP contribution >= 0.6 is 0 Å². The molecular formula is C22H26N4O2S. The zero-order chi connectivity index (χ0) is 20.9. The molecule has 7 heteroatoms. The second-order valence-corrected chi connectivity index (χ2v) is 9.65. The molecule has 0 amide bonds. The van der Waals surface area contributed by atoms with Crippen LogP contribution in [0.2, 0.25) is 0 Å². The number of aryl methyl sites for hydroxylation is 3. The van der Waals surface area contributed by atoms with Gasteiger partial charge >= 0.3 is 0 Å². The topological polar surface area (TPSA) is 58.4 Å². The molecule has 3 aromatic rings. The minimum absolute atomic E-state index is 0.0778. The van der Waals surface area contributed by atoms with E-state index >= 15 is 0 Å². The molecule has 1 atom stereocenters. The molecule has 0 unspecified atom stereocenters. The molecule has 0 bridgehead atoms. The molecule has 0 N–H and O–H groups in total. The highest BCUT2D eigenvalue weighted by molar-refractivity contribution is 7.93. The van der Waals surface area contributed by atoms with Crippen molar-refractivity contribution >= 4 is 21.4 Å². The molecule has 0 saturated heterocycles. The summed E-state index contributed by atoms with van der Waals surface area (Å²) in [7, 11) is 0.186. The quantitative estimate of drug-likeness (QED) is 0.660. The van der Waals surface area contributed by atoms with E-state index in [2.05, 4.69) is 10.00 Å². The lowest BCUT2D eigenvalue weighted by Crippen LogP contribution is -2.48. The van der Waals surface area contributed by atoms with Gasteiger partial charge in [0.1, 0.15) is 0 Å². The number of likely N-dealkylation sites (N-methyl/N-ethyl adjacent to an activating group) is 1. The van der Waals surface area contributed by atoms with Crippen molar-refractivity contribution in [1.82, 2.24) is 9.78 Å². The van der Waals surface area contributed by atoms with Crippen molar-refractivity contribution in [3.8, 4) is 11.1 Å². The zero-order valence-electron chi connectivity index (χ0n) is 17.4. The third-order valence-corrected chi connectivity index (χ3v) is 7.64. The lowest BCUT2D eigenvalue weighted by Gasteiger charge is -2.41. The summed E-state index contributed by atoms with van der Waals surface area (Å²) < 4.78 is 30.8. The van der Waals surface area contributed by atoms with Crippen molar-refractivity contribution in [2.24, 2.45) is 7.05 Å². The van der Waals surface area contributed by atoms with Crippen molar-refractivity contribution in [3.05, 3.63) is 59.9 Å². The number of para-hydroxylation sites is 1. The van der Waals surface area contributed by atoms with Crippen molar-refractivity contribution in [3.63, 3.8) is 0 Å². The van der Waals surface area contributed by atoms with Crippen LogP contribution < -0.4 is 9.21 Å². The minimum Gasteiger partial charge on any atom is -0.368 e. The van der Waals surface area contributed by atoms with Crippen LogP contribution in [-0.2, 0) is 17.1 Å². The van der Waals surface area contributed by atoms with Gasteiger partial charge in [0.05, 0.1) is 29.0 Å². The number of nitrogens with zero attached hydrogens (tertiary/aromatic N) is 4. The number of anilines is 2. The number of benzene rings is 2. The normalized spacial score (nSPS) is 16.8. The third kappa shape index (κ3) is 3.19. The predicted octanol–water partition coefficient (Wildman–Crippen LogP) is 3.74. The molecule has 0 spiro atoms. The van der Waals surface area contributed by atoms with Crippen molar-refractivity contribution in [1.29, 1.82) is 0 Å². The molecule has 2 aromatic carbocycles. The molecule has 1 aromatic heterocycles. The van der Waals surface area contributed by atoms with Crippen molar-refractivity contribution in [2.75, 3.05) is 22.8 Å². The maximum Gasteiger partial charge on any atom is 0.264 e. The fraction of sp³-hybridized carbons (Fsp3) is 0.318. The minimum atomic E-state index is -3.69. The summed E-state index contributed by atoms with van der Waals surface area (Å²) in [5.41, 5.74) is 5.31. The van der Waals surface area contributed by atoms with E-state index in [1.165, 1.54) is 0 Å². The Bertz CT molecular complexity index is 1180. The lowest BCUT2D eigenvalue weighted by molar-refractivity contribution is 0.578. The first-order chi connectivity index (χ1) is 13.7. The molecule has 6 nitrogen and oxygen atoms in total. The maximum absolute atomic E-state index is 13.7. The van der Waals surface area contributed by atoms with Crippen LogP contribution in [0.5, 0.6) is 0 Å². The Balaban J connectivity index is 1.81. The van der Waals surface area contributed by atoms with Crippen LogP contribution in [0.3, 0.4) is 0 Å². The largest absolute Gasteiger partial charge is 0.368 e. The van der Waals surface area contributed by atoms with Crippen molar-refractivity contribution in [2.45, 2.75) is 31.7 Å². The van der Waals surface area contributed by atoms with E-state index in [4.69, 9.17) is 0 Å². The molecule has 2 heterocycles. The summed E-state index contributed by atoms with van der Waals surface area (Å²) >= 11 is 0. The van der Waals surface area contributed by atoms with Gasteiger partial charge in [-0.15, -0.1) is 0 Å². The average Bonchev–Trinajstić information content (AvgIpc) is 3.11. The number of hydrogen-bond donors (Lipinski definition) is 0. The van der Waals surface area contributed by atoms with Gasteiger partial charge in [0, 0.05) is 31.9 Å². The van der Waals surface area contributed by atoms with E-state index in [-0.39, 0.29) is 6.04 Å². The van der Waals surface area contributed by atoms with Gasteiger partial charge < -0.3 is 4.90 Å². The third-order valence-electron chi connectivity index (χ3n) is 5.72. The van der Waals surface area contributed by atoms with Gasteiger partial charge in [-0.2, -0.15) is 5.10 Å². The zero-order valence-corrected chi connectivity index (χ0v) is 18.2. The van der Waals surface area contributed by atoms with Crippen LogP contribution in [-0.4, -0.2) is 37.8 Å². The Kier molecular flexibility index (Phi) is 4.65. The standard InChI is InChI=1S/C22H26N4O2S/c1-15-7-6-8-20-22(15)26(13-17(3)25(20)5)29(27,28)21-10-9-18(11-16(21)2)19-12-23-24(4)14-19/h6-12,14,17H,13H2,1-5H3/t17-/m1/s1. The predicted molar refractivity (Wildman–Crippen MR) is 117 cm³/mol. The van der Waals surface area contributed by atoms with E-state index in [9.17, 15) is 8.42 Å². The smallest absolute Gasteiger partial charge is 0.264 e. The van der Waals surface area contributed by atoms with Gasteiger partial charge in [0.25, 0.3) is 10.0 Å². The van der Waals surface area contributed by atoms with Crippen LogP contribution in [0.4, 0.5) is 11.4 Å². The molecule has 0 radical (unpaired) electrons. The summed E-state index contributed by atoms with van der Waals surface area (Å²) in [5.74, 6) is 0. The number of fused-ring (bicyclic) bond motifs is 1. The first-order valence-corrected chi connectivity index (χ1v) is 11.1. The molecule has 0 aliphatic carbocycles. The molecule has 0 fully saturated rings. The number of aromatic nitrogens is 2. The number of sulfonamides is 1. The molecule has 1 aliphatic rings. The first-order valence-electron chi connectivity index (χ1n) is 9.65. The Morgan fingerprint density at radius 3 is 2.45 bits per heavy atom. The molecule has 29 heavy (non-hydrogen) atoms. The monoisotopic (exact) mass is 410 g/mol. The van der Waals surface area contributed by atoms with Gasteiger partial charge in [-0.3, -0.25) is 8.99 Å². The van der Waals surface area contributed by atoms with E-state index < -0.39 is 10.0 Å². The Morgan fingerprint density at radius 2 is 1.79 bits per heavy atom. The molecule has 4 rings (SSSR count). The molecular weight excluding hydrogens is 384 g/mol. The van der Waals surface area contributed by atoms with Gasteiger partial charge in [-0.05, 0) is 55.7 Å². The number of rotatable bonds is 3. The fourth-order valence-corrected chi connectivity index (χ4v) is 5.80. The Hall–Kier alpha value is -2.80. The number of hydrogen-bond acceptors (Lipinski definition) is 4. The van der Waals surface area contributed by atoms with Gasteiger partial charge in [-0.1, -0.05) is 18.2 Å². The van der Waals surface area contributed by atoms with Crippen LogP contribution in [0.25, 0.3) is 11.1 Å². The van der Waals surface area contributed by atoms with Gasteiger partial charge in [0.15, 0.2) is 0 Å². The van der Waals surface area contributed by atoms with E-state index in [1.807, 2.05) is 71.4 Å². The molecule has 1 aliphatic heterocycles. The van der Waals surface area contributed by atoms with Crippen LogP contribution in [0.15, 0.2) is 53.7 Å². The fourth-order valence-electron chi connectivity index (χ4n) is 3.97. The first kappa shape index (κ1) is 19.5. The molecule has 152 valence electrons. The van der Waals surface area contributed by atoms with E-state index in [0.717, 1.165) is 33.6 Å². The van der Waals surface area contributed by atoms with Crippen LogP contribution in [0.1, 0.15) is 18.1 Å². The maximum atomic E-state index is 13.7. The van der Waals surface area contributed by atoms with Gasteiger partial charge in [0.2, 0.25) is 0 Å². The second kappa shape index (κ2) is 6.91. The summed E-state index contributed by atoms with van der Waals surface area (Å²) in [6.07, 6.45) is 3.70. The van der Waals surface area contributed by atoms with E-state index in [1.54, 1.807) is 21.3 Å². The van der Waals surface area contributed by atoms with Crippen molar-refractivity contribution < 1.29 is 8.42 Å². The Morgan fingerprint density at radius 1 is 1.03 bits per heavy atom. The van der Waals surface area contributed by atoms with Gasteiger partial charge in [-0.25, -0.2) is 8.42 Å².